The molecule has 6 heteroatoms. The summed E-state index contributed by atoms with van der Waals surface area (Å²) >= 11 is 0. The lowest BCUT2D eigenvalue weighted by molar-refractivity contribution is 0.102. The zero-order valence-electron chi connectivity index (χ0n) is 19.9. The predicted molar refractivity (Wildman–Crippen MR) is 142 cm³/mol. The summed E-state index contributed by atoms with van der Waals surface area (Å²) < 4.78 is 5.98. The van der Waals surface area contributed by atoms with Crippen LogP contribution in [0.3, 0.4) is 0 Å². The molecule has 0 unspecified atom stereocenters. The van der Waals surface area contributed by atoms with Crippen LogP contribution in [0.5, 0.6) is 5.75 Å². The van der Waals surface area contributed by atoms with Gasteiger partial charge in [-0.3, -0.25) is 9.78 Å². The number of nitrogen functional groups attached to an aromatic ring is 1. The van der Waals surface area contributed by atoms with Crippen LogP contribution in [0.25, 0.3) is 10.9 Å². The molecule has 1 amide bonds. The minimum Gasteiger partial charge on any atom is -0.489 e. The number of nitrogens with one attached hydrogen (secondary N) is 1. The average molecular weight is 476 g/mol. The monoisotopic (exact) mass is 475 g/mol. The number of anilines is 2. The van der Waals surface area contributed by atoms with E-state index in [0.29, 0.717) is 23.5 Å². The van der Waals surface area contributed by atoms with E-state index in [9.17, 15) is 4.79 Å². The Labute approximate surface area is 206 Å². The van der Waals surface area contributed by atoms with Gasteiger partial charge in [0.2, 0.25) is 0 Å². The zero-order valence-corrected chi connectivity index (χ0v) is 20.7. The van der Waals surface area contributed by atoms with Gasteiger partial charge in [0.15, 0.2) is 0 Å². The summed E-state index contributed by atoms with van der Waals surface area (Å²) in [6, 6.07) is 22.9. The highest BCUT2D eigenvalue weighted by molar-refractivity contribution is 6.06. The van der Waals surface area contributed by atoms with Crippen LogP contribution in [-0.2, 0) is 12.0 Å². The van der Waals surface area contributed by atoms with Crippen LogP contribution < -0.4 is 15.8 Å². The molecule has 0 aliphatic rings. The smallest absolute Gasteiger partial charge is 0.256 e. The zero-order chi connectivity index (χ0) is 23.6. The fourth-order valence-electron chi connectivity index (χ4n) is 3.75. The van der Waals surface area contributed by atoms with Crippen molar-refractivity contribution in [1.82, 2.24) is 4.98 Å². The highest BCUT2D eigenvalue weighted by atomic mass is 35.5. The van der Waals surface area contributed by atoms with Gasteiger partial charge in [-0.05, 0) is 60.4 Å². The third kappa shape index (κ3) is 5.67. The molecule has 34 heavy (non-hydrogen) atoms. The second-order valence-electron chi connectivity index (χ2n) is 9.26. The summed E-state index contributed by atoms with van der Waals surface area (Å²) in [5.41, 5.74) is 11.8. The Morgan fingerprint density at radius 2 is 1.71 bits per heavy atom. The minimum absolute atomic E-state index is 0. The van der Waals surface area contributed by atoms with Crippen LogP contribution in [0.15, 0.2) is 72.8 Å². The molecule has 3 aromatic carbocycles. The van der Waals surface area contributed by atoms with Crippen molar-refractivity contribution in [3.05, 3.63) is 95.2 Å². The summed E-state index contributed by atoms with van der Waals surface area (Å²) in [6.07, 6.45) is 0. The SMILES string of the molecule is Cc1cc(N)c2cc(NC(=O)c3ccccc3COc3ccc(C(C)(C)C)cc3)ccc2n1.Cl. The molecule has 0 aliphatic heterocycles. The molecule has 0 radical (unpaired) electrons. The summed E-state index contributed by atoms with van der Waals surface area (Å²) in [5, 5.41) is 3.79. The molecule has 0 saturated heterocycles. The number of aryl methyl sites for hydroxylation is 1. The van der Waals surface area contributed by atoms with Gasteiger partial charge < -0.3 is 15.8 Å². The molecule has 0 fully saturated rings. The molecule has 3 N–H and O–H groups in total. The van der Waals surface area contributed by atoms with Gasteiger partial charge in [0.1, 0.15) is 12.4 Å². The van der Waals surface area contributed by atoms with Crippen LogP contribution >= 0.6 is 12.4 Å². The van der Waals surface area contributed by atoms with Crippen molar-refractivity contribution in [3.63, 3.8) is 0 Å². The normalized spacial score (nSPS) is 11.1. The fraction of sp³-hybridized carbons (Fsp3) is 0.214. The second-order valence-corrected chi connectivity index (χ2v) is 9.26. The maximum Gasteiger partial charge on any atom is 0.256 e. The maximum absolute atomic E-state index is 13.1. The third-order valence-electron chi connectivity index (χ3n) is 5.60. The van der Waals surface area contributed by atoms with Gasteiger partial charge in [-0.1, -0.05) is 51.1 Å². The lowest BCUT2D eigenvalue weighted by Gasteiger charge is -2.19. The molecule has 0 spiro atoms. The number of pyridine rings is 1. The van der Waals surface area contributed by atoms with E-state index < -0.39 is 0 Å². The lowest BCUT2D eigenvalue weighted by Crippen LogP contribution is -2.15. The van der Waals surface area contributed by atoms with E-state index in [1.54, 1.807) is 6.07 Å². The van der Waals surface area contributed by atoms with Crippen molar-refractivity contribution in [2.75, 3.05) is 11.1 Å². The number of hydrogen-bond donors (Lipinski definition) is 2. The van der Waals surface area contributed by atoms with Crippen LogP contribution in [0.4, 0.5) is 11.4 Å². The molecule has 1 aromatic heterocycles. The standard InChI is InChI=1S/C28H29N3O2.ClH/c1-18-15-25(29)24-16-21(11-14-26(24)30-18)31-27(32)23-8-6-5-7-19(23)17-33-22-12-9-20(10-13-22)28(2,3)4;/h5-16H,17H2,1-4H3,(H2,29,30)(H,31,32);1H. The second kappa shape index (κ2) is 10.1. The van der Waals surface area contributed by atoms with Gasteiger partial charge in [0, 0.05) is 33.6 Å². The molecule has 0 atom stereocenters. The number of amides is 1. The number of benzene rings is 3. The Hall–Kier alpha value is -3.57. The molecule has 4 aromatic rings. The van der Waals surface area contributed by atoms with E-state index in [1.165, 1.54) is 5.56 Å². The average Bonchev–Trinajstić information content (AvgIpc) is 2.78. The Morgan fingerprint density at radius 3 is 2.41 bits per heavy atom. The van der Waals surface area contributed by atoms with Gasteiger partial charge in [-0.15, -0.1) is 12.4 Å². The molecule has 5 nitrogen and oxygen atoms in total. The molecule has 4 rings (SSSR count). The largest absolute Gasteiger partial charge is 0.489 e. The molecule has 0 saturated carbocycles. The lowest BCUT2D eigenvalue weighted by atomic mass is 9.87. The molecule has 176 valence electrons. The summed E-state index contributed by atoms with van der Waals surface area (Å²) in [7, 11) is 0. The van der Waals surface area contributed by atoms with Crippen molar-refractivity contribution in [2.45, 2.75) is 39.7 Å². The summed E-state index contributed by atoms with van der Waals surface area (Å²) in [4.78, 5) is 17.6. The van der Waals surface area contributed by atoms with Crippen LogP contribution in [0.2, 0.25) is 0 Å². The first kappa shape index (κ1) is 25.1. The minimum atomic E-state index is -0.199. The number of carbonyl (C=O) groups excluding carboxylic acids is 1. The van der Waals surface area contributed by atoms with E-state index in [4.69, 9.17) is 10.5 Å². The van der Waals surface area contributed by atoms with Gasteiger partial charge in [0.25, 0.3) is 5.91 Å². The van der Waals surface area contributed by atoms with Crippen molar-refractivity contribution in [2.24, 2.45) is 0 Å². The number of carbonyl (C=O) groups is 1. The van der Waals surface area contributed by atoms with Gasteiger partial charge in [-0.2, -0.15) is 0 Å². The van der Waals surface area contributed by atoms with Crippen molar-refractivity contribution < 1.29 is 9.53 Å². The number of fused-ring (bicyclic) bond motifs is 1. The van der Waals surface area contributed by atoms with Gasteiger partial charge >= 0.3 is 0 Å². The first-order valence-corrected chi connectivity index (χ1v) is 11.0. The number of nitrogens with two attached hydrogens (primary N) is 1. The number of hydrogen-bond acceptors (Lipinski definition) is 4. The number of halogens is 1. The van der Waals surface area contributed by atoms with E-state index >= 15 is 0 Å². The highest BCUT2D eigenvalue weighted by Gasteiger charge is 2.15. The summed E-state index contributed by atoms with van der Waals surface area (Å²) in [5.74, 6) is 0.571. The van der Waals surface area contributed by atoms with E-state index in [1.807, 2.05) is 61.5 Å². The Bertz CT molecular complexity index is 1310. The van der Waals surface area contributed by atoms with Crippen molar-refractivity contribution in [3.8, 4) is 5.75 Å². The first-order chi connectivity index (χ1) is 15.7. The van der Waals surface area contributed by atoms with E-state index in [2.05, 4.69) is 43.2 Å². The number of nitrogens with zero attached hydrogens (tertiary/aromatic N) is 1. The molecule has 1 heterocycles. The highest BCUT2D eigenvalue weighted by Crippen LogP contribution is 2.26. The number of rotatable bonds is 5. The van der Waals surface area contributed by atoms with E-state index in [0.717, 1.165) is 27.9 Å². The van der Waals surface area contributed by atoms with Crippen molar-refractivity contribution >= 4 is 40.6 Å². The van der Waals surface area contributed by atoms with Gasteiger partial charge in [-0.25, -0.2) is 0 Å². The Kier molecular flexibility index (Phi) is 7.48. The third-order valence-corrected chi connectivity index (χ3v) is 5.60. The maximum atomic E-state index is 13.1. The summed E-state index contributed by atoms with van der Waals surface area (Å²) in [6.45, 7) is 8.74. The van der Waals surface area contributed by atoms with Crippen molar-refractivity contribution in [1.29, 1.82) is 0 Å². The van der Waals surface area contributed by atoms with Gasteiger partial charge in [0.05, 0.1) is 5.52 Å². The number of ether oxygens (including phenoxy) is 1. The first-order valence-electron chi connectivity index (χ1n) is 11.0. The van der Waals surface area contributed by atoms with Crippen LogP contribution in [-0.4, -0.2) is 10.9 Å². The van der Waals surface area contributed by atoms with E-state index in [-0.39, 0.29) is 23.7 Å². The topological polar surface area (TPSA) is 77.2 Å². The Balaban J connectivity index is 0.00000324. The van der Waals surface area contributed by atoms with Crippen LogP contribution in [0.1, 0.15) is 48.0 Å². The Morgan fingerprint density at radius 1 is 1.00 bits per heavy atom. The number of aromatic nitrogens is 1. The molecular weight excluding hydrogens is 446 g/mol. The molecular formula is C28H30ClN3O2. The quantitative estimate of drug-likeness (QED) is 0.337. The fourth-order valence-corrected chi connectivity index (χ4v) is 3.75. The predicted octanol–water partition coefficient (Wildman–Crippen LogP) is 6.68. The molecule has 0 bridgehead atoms. The van der Waals surface area contributed by atoms with Crippen LogP contribution in [0, 0.1) is 6.92 Å². The molecule has 0 aliphatic carbocycles.